The fourth-order valence-corrected chi connectivity index (χ4v) is 2.49. The molecule has 0 aliphatic heterocycles. The number of aliphatic carboxylic acids is 1. The van der Waals surface area contributed by atoms with Gasteiger partial charge in [0.05, 0.1) is 5.41 Å². The molecular formula is C15H21NO2. The Morgan fingerprint density at radius 3 is 2.28 bits per heavy atom. The fourth-order valence-electron chi connectivity index (χ4n) is 2.49. The second-order valence-electron chi connectivity index (χ2n) is 5.66. The summed E-state index contributed by atoms with van der Waals surface area (Å²) in [5.74, 6) is -0.657. The van der Waals surface area contributed by atoms with Crippen LogP contribution in [0, 0.1) is 26.2 Å². The van der Waals surface area contributed by atoms with Crippen molar-refractivity contribution >= 4 is 11.7 Å². The Balaban J connectivity index is 2.22. The van der Waals surface area contributed by atoms with Gasteiger partial charge in [0.2, 0.25) is 0 Å². The lowest BCUT2D eigenvalue weighted by Gasteiger charge is -2.25. The van der Waals surface area contributed by atoms with E-state index in [1.807, 2.05) is 7.05 Å². The zero-order valence-corrected chi connectivity index (χ0v) is 11.6. The second kappa shape index (κ2) is 4.30. The largest absolute Gasteiger partial charge is 0.481 e. The summed E-state index contributed by atoms with van der Waals surface area (Å²) < 4.78 is 0. The summed E-state index contributed by atoms with van der Waals surface area (Å²) in [5, 5.41) is 9.24. The Bertz CT molecular complexity index is 490. The standard InChI is InChI=1S/C15H21NO2/c1-10-7-12(3)13(8-11(10)2)16(4)9-15(5-6-15)14(17)18/h7-8H,5-6,9H2,1-4H3,(H,17,18). The number of hydrogen-bond donors (Lipinski definition) is 1. The Labute approximate surface area is 108 Å². The number of carboxylic acid groups (broad SMARTS) is 1. The Hall–Kier alpha value is -1.51. The molecule has 1 saturated carbocycles. The third-order valence-corrected chi connectivity index (χ3v) is 4.07. The van der Waals surface area contributed by atoms with Crippen molar-refractivity contribution in [2.24, 2.45) is 5.41 Å². The van der Waals surface area contributed by atoms with Crippen molar-refractivity contribution in [2.75, 3.05) is 18.5 Å². The minimum atomic E-state index is -0.657. The van der Waals surface area contributed by atoms with Crippen molar-refractivity contribution in [2.45, 2.75) is 33.6 Å². The number of benzene rings is 1. The average Bonchev–Trinajstić information content (AvgIpc) is 3.04. The van der Waals surface area contributed by atoms with Gasteiger partial charge in [0.1, 0.15) is 0 Å². The number of hydrogen-bond acceptors (Lipinski definition) is 2. The van der Waals surface area contributed by atoms with E-state index in [0.717, 1.165) is 18.5 Å². The summed E-state index contributed by atoms with van der Waals surface area (Å²) in [6, 6.07) is 4.32. The predicted octanol–water partition coefficient (Wildman–Crippen LogP) is 2.91. The minimum absolute atomic E-state index is 0.500. The van der Waals surface area contributed by atoms with E-state index in [1.165, 1.54) is 16.7 Å². The Kier molecular flexibility index (Phi) is 3.09. The summed E-state index contributed by atoms with van der Waals surface area (Å²) in [5.41, 5.74) is 4.39. The summed E-state index contributed by atoms with van der Waals surface area (Å²) in [7, 11) is 1.99. The lowest BCUT2D eigenvalue weighted by atomic mass is 10.0. The normalized spacial score (nSPS) is 16.4. The Morgan fingerprint density at radius 1 is 1.22 bits per heavy atom. The highest BCUT2D eigenvalue weighted by Crippen LogP contribution is 2.47. The van der Waals surface area contributed by atoms with Crippen molar-refractivity contribution in [1.82, 2.24) is 0 Å². The minimum Gasteiger partial charge on any atom is -0.481 e. The topological polar surface area (TPSA) is 40.5 Å². The first kappa shape index (κ1) is 12.9. The number of carboxylic acids is 1. The van der Waals surface area contributed by atoms with Crippen molar-refractivity contribution in [3.63, 3.8) is 0 Å². The van der Waals surface area contributed by atoms with Crippen LogP contribution in [0.4, 0.5) is 5.69 Å². The van der Waals surface area contributed by atoms with E-state index in [9.17, 15) is 9.90 Å². The molecule has 0 saturated heterocycles. The predicted molar refractivity (Wildman–Crippen MR) is 73.2 cm³/mol. The monoisotopic (exact) mass is 247 g/mol. The van der Waals surface area contributed by atoms with Crippen molar-refractivity contribution in [3.05, 3.63) is 28.8 Å². The molecule has 1 aliphatic carbocycles. The quantitative estimate of drug-likeness (QED) is 0.889. The number of carbonyl (C=O) groups is 1. The molecule has 2 rings (SSSR count). The molecule has 1 fully saturated rings. The molecule has 18 heavy (non-hydrogen) atoms. The fraction of sp³-hybridized carbons (Fsp3) is 0.533. The van der Waals surface area contributed by atoms with Crippen molar-refractivity contribution in [3.8, 4) is 0 Å². The molecule has 0 radical (unpaired) electrons. The van der Waals surface area contributed by atoms with E-state index >= 15 is 0 Å². The van der Waals surface area contributed by atoms with E-state index in [0.29, 0.717) is 6.54 Å². The number of anilines is 1. The first-order valence-corrected chi connectivity index (χ1v) is 6.38. The van der Waals surface area contributed by atoms with Gasteiger partial charge in [-0.25, -0.2) is 0 Å². The molecule has 98 valence electrons. The van der Waals surface area contributed by atoms with Gasteiger partial charge >= 0.3 is 5.97 Å². The van der Waals surface area contributed by atoms with Gasteiger partial charge < -0.3 is 10.0 Å². The van der Waals surface area contributed by atoms with Crippen molar-refractivity contribution in [1.29, 1.82) is 0 Å². The summed E-state index contributed by atoms with van der Waals surface area (Å²) in [4.78, 5) is 13.3. The Morgan fingerprint density at radius 2 is 1.78 bits per heavy atom. The van der Waals surface area contributed by atoms with Gasteiger partial charge in [0.25, 0.3) is 0 Å². The van der Waals surface area contributed by atoms with Gasteiger partial charge in [0, 0.05) is 19.3 Å². The lowest BCUT2D eigenvalue weighted by molar-refractivity contribution is -0.142. The van der Waals surface area contributed by atoms with Gasteiger partial charge in [-0.15, -0.1) is 0 Å². The SMILES string of the molecule is Cc1cc(C)c(N(C)CC2(C(=O)O)CC2)cc1C. The maximum atomic E-state index is 11.2. The van der Waals surface area contributed by atoms with Gasteiger partial charge in [-0.3, -0.25) is 4.79 Å². The molecular weight excluding hydrogens is 226 g/mol. The molecule has 1 aliphatic rings. The maximum Gasteiger partial charge on any atom is 0.311 e. The van der Waals surface area contributed by atoms with Crippen LogP contribution in [0.2, 0.25) is 0 Å². The molecule has 1 aromatic carbocycles. The molecule has 0 heterocycles. The van der Waals surface area contributed by atoms with E-state index in [2.05, 4.69) is 37.8 Å². The van der Waals surface area contributed by atoms with Crippen LogP contribution in [-0.2, 0) is 4.79 Å². The molecule has 0 aromatic heterocycles. The van der Waals surface area contributed by atoms with Gasteiger partial charge in [-0.05, 0) is 56.4 Å². The van der Waals surface area contributed by atoms with Crippen LogP contribution in [0.25, 0.3) is 0 Å². The summed E-state index contributed by atoms with van der Waals surface area (Å²) in [6.45, 7) is 6.88. The zero-order chi connectivity index (χ0) is 13.5. The molecule has 0 atom stereocenters. The van der Waals surface area contributed by atoms with E-state index in [1.54, 1.807) is 0 Å². The molecule has 0 bridgehead atoms. The van der Waals surface area contributed by atoms with Crippen LogP contribution in [-0.4, -0.2) is 24.7 Å². The summed E-state index contributed by atoms with van der Waals surface area (Å²) >= 11 is 0. The number of nitrogens with zero attached hydrogens (tertiary/aromatic N) is 1. The van der Waals surface area contributed by atoms with Gasteiger partial charge in [-0.2, -0.15) is 0 Å². The molecule has 0 spiro atoms. The van der Waals surface area contributed by atoms with E-state index in [-0.39, 0.29) is 0 Å². The highest BCUT2D eigenvalue weighted by Gasteiger charge is 2.51. The highest BCUT2D eigenvalue weighted by molar-refractivity contribution is 5.79. The molecule has 1 N–H and O–H groups in total. The second-order valence-corrected chi connectivity index (χ2v) is 5.66. The van der Waals surface area contributed by atoms with Crippen LogP contribution in [0.5, 0.6) is 0 Å². The third-order valence-electron chi connectivity index (χ3n) is 4.07. The van der Waals surface area contributed by atoms with Gasteiger partial charge in [0.15, 0.2) is 0 Å². The van der Waals surface area contributed by atoms with Crippen LogP contribution < -0.4 is 4.90 Å². The van der Waals surface area contributed by atoms with Crippen LogP contribution in [0.3, 0.4) is 0 Å². The van der Waals surface area contributed by atoms with Crippen LogP contribution in [0.15, 0.2) is 12.1 Å². The first-order valence-electron chi connectivity index (χ1n) is 6.38. The number of rotatable bonds is 4. The molecule has 0 amide bonds. The maximum absolute atomic E-state index is 11.2. The lowest BCUT2D eigenvalue weighted by Crippen LogP contribution is -2.32. The van der Waals surface area contributed by atoms with Crippen molar-refractivity contribution < 1.29 is 9.90 Å². The smallest absolute Gasteiger partial charge is 0.311 e. The van der Waals surface area contributed by atoms with E-state index < -0.39 is 11.4 Å². The van der Waals surface area contributed by atoms with Gasteiger partial charge in [-0.1, -0.05) is 6.07 Å². The average molecular weight is 247 g/mol. The molecule has 1 aromatic rings. The molecule has 0 unspecified atom stereocenters. The van der Waals surface area contributed by atoms with Crippen LogP contribution in [0.1, 0.15) is 29.5 Å². The third kappa shape index (κ3) is 2.22. The highest BCUT2D eigenvalue weighted by atomic mass is 16.4. The first-order chi connectivity index (χ1) is 8.35. The zero-order valence-electron chi connectivity index (χ0n) is 11.6. The summed E-state index contributed by atoms with van der Waals surface area (Å²) in [6.07, 6.45) is 1.60. The van der Waals surface area contributed by atoms with Crippen LogP contribution >= 0.6 is 0 Å². The van der Waals surface area contributed by atoms with E-state index in [4.69, 9.17) is 0 Å². The number of aryl methyl sites for hydroxylation is 3. The molecule has 3 nitrogen and oxygen atoms in total. The molecule has 3 heteroatoms.